The number of fused-ring (bicyclic) bond motifs is 1. The molecule has 118 valence electrons. The summed E-state index contributed by atoms with van der Waals surface area (Å²) in [5.74, 6) is 1.09. The first-order chi connectivity index (χ1) is 11.1. The summed E-state index contributed by atoms with van der Waals surface area (Å²) in [4.78, 5) is 13.2. The number of thioether (sulfide) groups is 1. The molecule has 1 aromatic carbocycles. The number of carbonyl (C=O) groups is 1. The normalized spacial score (nSPS) is 12.3. The molecule has 1 atom stereocenters. The second-order valence-electron chi connectivity index (χ2n) is 5.38. The summed E-state index contributed by atoms with van der Waals surface area (Å²) in [6, 6.07) is 13.7. The number of nitrogens with one attached hydrogen (secondary N) is 1. The van der Waals surface area contributed by atoms with Gasteiger partial charge in [0.15, 0.2) is 11.5 Å². The van der Waals surface area contributed by atoms with Crippen molar-refractivity contribution in [2.45, 2.75) is 24.8 Å². The van der Waals surface area contributed by atoms with Crippen LogP contribution in [0.2, 0.25) is 0 Å². The van der Waals surface area contributed by atoms with Gasteiger partial charge in [-0.3, -0.25) is 9.20 Å². The van der Waals surface area contributed by atoms with Gasteiger partial charge in [0.05, 0.1) is 11.8 Å². The van der Waals surface area contributed by atoms with Crippen LogP contribution in [0.15, 0.2) is 53.6 Å². The highest BCUT2D eigenvalue weighted by Gasteiger charge is 2.15. The smallest absolute Gasteiger partial charge is 0.230 e. The molecule has 3 rings (SSSR count). The largest absolute Gasteiger partial charge is 0.346 e. The van der Waals surface area contributed by atoms with Crippen LogP contribution in [0.25, 0.3) is 5.65 Å². The van der Waals surface area contributed by atoms with E-state index in [4.69, 9.17) is 0 Å². The highest BCUT2D eigenvalue weighted by molar-refractivity contribution is 8.00. The molecular weight excluding hydrogens is 308 g/mol. The van der Waals surface area contributed by atoms with Crippen molar-refractivity contribution >= 4 is 23.3 Å². The lowest BCUT2D eigenvalue weighted by Gasteiger charge is -2.12. The number of nitrogens with zero attached hydrogens (tertiary/aromatic N) is 3. The fraction of sp³-hybridized carbons (Fsp3) is 0.235. The maximum absolute atomic E-state index is 12.1. The van der Waals surface area contributed by atoms with E-state index in [1.54, 1.807) is 0 Å². The number of pyridine rings is 1. The minimum Gasteiger partial charge on any atom is -0.346 e. The third kappa shape index (κ3) is 3.71. The third-order valence-electron chi connectivity index (χ3n) is 3.50. The van der Waals surface area contributed by atoms with Crippen LogP contribution < -0.4 is 5.32 Å². The molecule has 2 aromatic heterocycles. The predicted molar refractivity (Wildman–Crippen MR) is 91.4 cm³/mol. The molecule has 2 heterocycles. The van der Waals surface area contributed by atoms with Crippen molar-refractivity contribution in [3.05, 3.63) is 60.0 Å². The lowest BCUT2D eigenvalue weighted by atomic mass is 10.2. The summed E-state index contributed by atoms with van der Waals surface area (Å²) in [5, 5.41) is 11.2. The van der Waals surface area contributed by atoms with Gasteiger partial charge in [-0.25, -0.2) is 0 Å². The second-order valence-corrected chi connectivity index (χ2v) is 6.43. The van der Waals surface area contributed by atoms with E-state index in [2.05, 4.69) is 15.5 Å². The minimum atomic E-state index is -0.196. The molecule has 0 aliphatic heterocycles. The van der Waals surface area contributed by atoms with Gasteiger partial charge < -0.3 is 5.32 Å². The topological polar surface area (TPSA) is 59.3 Å². The van der Waals surface area contributed by atoms with Crippen LogP contribution in [0.4, 0.5) is 0 Å². The lowest BCUT2D eigenvalue weighted by Crippen LogP contribution is -2.29. The van der Waals surface area contributed by atoms with Crippen LogP contribution in [0.1, 0.15) is 24.4 Å². The molecular formula is C17H18N4OS. The molecule has 3 aromatic rings. The molecule has 0 aliphatic rings. The standard InChI is InChI=1S/C17H18N4OS/c1-12-6-8-14(9-7-12)23-11-16(22)18-13(2)17-20-19-15-5-3-4-10-21(15)17/h3-10,13H,11H2,1-2H3,(H,18,22). The zero-order valence-electron chi connectivity index (χ0n) is 13.1. The van der Waals surface area contributed by atoms with Crippen molar-refractivity contribution in [1.29, 1.82) is 0 Å². The number of aryl methyl sites for hydroxylation is 1. The zero-order chi connectivity index (χ0) is 16.2. The van der Waals surface area contributed by atoms with Crippen molar-refractivity contribution in [2.75, 3.05) is 5.75 Å². The van der Waals surface area contributed by atoms with E-state index in [0.717, 1.165) is 16.4 Å². The molecule has 0 bridgehead atoms. The maximum atomic E-state index is 12.1. The van der Waals surface area contributed by atoms with Gasteiger partial charge in [0.2, 0.25) is 5.91 Å². The maximum Gasteiger partial charge on any atom is 0.230 e. The number of benzene rings is 1. The molecule has 6 heteroatoms. The average Bonchev–Trinajstić information content (AvgIpc) is 2.98. The summed E-state index contributed by atoms with van der Waals surface area (Å²) >= 11 is 1.53. The highest BCUT2D eigenvalue weighted by Crippen LogP contribution is 2.18. The van der Waals surface area contributed by atoms with Gasteiger partial charge >= 0.3 is 0 Å². The van der Waals surface area contributed by atoms with Gasteiger partial charge in [0, 0.05) is 11.1 Å². The molecule has 1 unspecified atom stereocenters. The summed E-state index contributed by atoms with van der Waals surface area (Å²) in [7, 11) is 0. The van der Waals surface area contributed by atoms with Gasteiger partial charge in [-0.05, 0) is 38.1 Å². The lowest BCUT2D eigenvalue weighted by molar-refractivity contribution is -0.119. The summed E-state index contributed by atoms with van der Waals surface area (Å²) < 4.78 is 1.89. The minimum absolute atomic E-state index is 0.0178. The Hall–Kier alpha value is -2.34. The Kier molecular flexibility index (Phi) is 4.62. The number of aromatic nitrogens is 3. The Balaban J connectivity index is 1.60. The van der Waals surface area contributed by atoms with Crippen molar-refractivity contribution in [3.8, 4) is 0 Å². The predicted octanol–water partition coefficient (Wildman–Crippen LogP) is 3.01. The van der Waals surface area contributed by atoms with Gasteiger partial charge in [-0.2, -0.15) is 0 Å². The van der Waals surface area contributed by atoms with Gasteiger partial charge in [-0.15, -0.1) is 22.0 Å². The molecule has 0 radical (unpaired) electrons. The molecule has 0 fully saturated rings. The molecule has 23 heavy (non-hydrogen) atoms. The molecule has 5 nitrogen and oxygen atoms in total. The van der Waals surface area contributed by atoms with Gasteiger partial charge in [0.25, 0.3) is 0 Å². The van der Waals surface area contributed by atoms with E-state index in [-0.39, 0.29) is 11.9 Å². The Morgan fingerprint density at radius 2 is 2.00 bits per heavy atom. The van der Waals surface area contributed by atoms with Gasteiger partial charge in [0.1, 0.15) is 0 Å². The molecule has 0 spiro atoms. The van der Waals surface area contributed by atoms with Crippen molar-refractivity contribution in [3.63, 3.8) is 0 Å². The molecule has 1 N–H and O–H groups in total. The summed E-state index contributed by atoms with van der Waals surface area (Å²) in [6.45, 7) is 3.96. The van der Waals surface area contributed by atoms with Crippen LogP contribution in [-0.4, -0.2) is 26.3 Å². The van der Waals surface area contributed by atoms with Crippen molar-refractivity contribution < 1.29 is 4.79 Å². The van der Waals surface area contributed by atoms with Gasteiger partial charge in [-0.1, -0.05) is 23.8 Å². The van der Waals surface area contributed by atoms with Crippen molar-refractivity contribution in [2.24, 2.45) is 0 Å². The Morgan fingerprint density at radius 1 is 1.22 bits per heavy atom. The first-order valence-corrected chi connectivity index (χ1v) is 8.40. The third-order valence-corrected chi connectivity index (χ3v) is 4.51. The van der Waals surface area contributed by atoms with E-state index in [1.807, 2.05) is 66.9 Å². The Morgan fingerprint density at radius 3 is 2.78 bits per heavy atom. The van der Waals surface area contributed by atoms with E-state index in [1.165, 1.54) is 17.3 Å². The summed E-state index contributed by atoms with van der Waals surface area (Å²) in [6.07, 6.45) is 1.90. The fourth-order valence-corrected chi connectivity index (χ4v) is 3.00. The van der Waals surface area contributed by atoms with Crippen LogP contribution >= 0.6 is 11.8 Å². The monoisotopic (exact) mass is 326 g/mol. The SMILES string of the molecule is Cc1ccc(SCC(=O)NC(C)c2nnc3ccccn23)cc1. The quantitative estimate of drug-likeness (QED) is 0.732. The molecule has 0 aliphatic carbocycles. The van der Waals surface area contributed by atoms with E-state index >= 15 is 0 Å². The van der Waals surface area contributed by atoms with E-state index < -0.39 is 0 Å². The first kappa shape index (κ1) is 15.6. The van der Waals surface area contributed by atoms with Crippen molar-refractivity contribution in [1.82, 2.24) is 19.9 Å². The van der Waals surface area contributed by atoms with Crippen LogP contribution in [0, 0.1) is 6.92 Å². The van der Waals surface area contributed by atoms with Crippen LogP contribution in [0.5, 0.6) is 0 Å². The number of rotatable bonds is 5. The molecule has 0 saturated carbocycles. The Bertz CT molecular complexity index is 813. The van der Waals surface area contributed by atoms with E-state index in [0.29, 0.717) is 5.75 Å². The van der Waals surface area contributed by atoms with Crippen LogP contribution in [-0.2, 0) is 4.79 Å². The first-order valence-electron chi connectivity index (χ1n) is 7.42. The fourth-order valence-electron chi connectivity index (χ4n) is 2.29. The van der Waals surface area contributed by atoms with E-state index in [9.17, 15) is 4.79 Å². The number of carbonyl (C=O) groups excluding carboxylic acids is 1. The zero-order valence-corrected chi connectivity index (χ0v) is 13.9. The highest BCUT2D eigenvalue weighted by atomic mass is 32.2. The number of amides is 1. The number of hydrogen-bond donors (Lipinski definition) is 1. The molecule has 1 amide bonds. The van der Waals surface area contributed by atoms with Crippen LogP contribution in [0.3, 0.4) is 0 Å². The molecule has 0 saturated heterocycles. The Labute approximate surface area is 139 Å². The average molecular weight is 326 g/mol. The second kappa shape index (κ2) is 6.83. The summed E-state index contributed by atoms with van der Waals surface area (Å²) in [5.41, 5.74) is 1.99. The number of hydrogen-bond acceptors (Lipinski definition) is 4.